The molecule has 23 heavy (non-hydrogen) atoms. The first-order chi connectivity index (χ1) is 10.6. The van der Waals surface area contributed by atoms with Crippen molar-refractivity contribution in [1.29, 1.82) is 0 Å². The number of nitrogens with zero attached hydrogens (tertiary/aromatic N) is 3. The second-order valence-corrected chi connectivity index (χ2v) is 6.64. The summed E-state index contributed by atoms with van der Waals surface area (Å²) in [6.07, 6.45) is 0.222. The Morgan fingerprint density at radius 2 is 1.96 bits per heavy atom. The number of imidazole rings is 1. The number of hydrogen-bond acceptors (Lipinski definition) is 5. The average Bonchev–Trinajstić information content (AvgIpc) is 2.65. The fourth-order valence-corrected chi connectivity index (χ4v) is 2.38. The van der Waals surface area contributed by atoms with E-state index < -0.39 is 5.60 Å². The van der Waals surface area contributed by atoms with Crippen LogP contribution in [0.1, 0.15) is 47.6 Å². The summed E-state index contributed by atoms with van der Waals surface area (Å²) in [6, 6.07) is -0.135. The molecule has 1 aromatic rings. The van der Waals surface area contributed by atoms with Crippen LogP contribution in [-0.4, -0.2) is 57.5 Å². The minimum Gasteiger partial charge on any atom is -0.444 e. The zero-order valence-corrected chi connectivity index (χ0v) is 14.0. The number of aryl methyl sites for hydroxylation is 1. The molecule has 0 spiro atoms. The lowest BCUT2D eigenvalue weighted by molar-refractivity contribution is 0.00528. The zero-order valence-electron chi connectivity index (χ0n) is 14.0. The van der Waals surface area contributed by atoms with Crippen LogP contribution >= 0.6 is 0 Å². The number of aldehydes is 1. The summed E-state index contributed by atoms with van der Waals surface area (Å²) in [5, 5.41) is 2.83. The Hall–Kier alpha value is -2.38. The van der Waals surface area contributed by atoms with Crippen molar-refractivity contribution in [3.63, 3.8) is 0 Å². The minimum absolute atomic E-state index is 0.135. The number of hydrogen-bond donors (Lipinski definition) is 1. The van der Waals surface area contributed by atoms with Gasteiger partial charge in [0.2, 0.25) is 0 Å². The van der Waals surface area contributed by atoms with Gasteiger partial charge in [-0.1, -0.05) is 0 Å². The fraction of sp³-hybridized carbons (Fsp3) is 0.600. The fourth-order valence-electron chi connectivity index (χ4n) is 2.38. The molecule has 1 fully saturated rings. The molecule has 2 amide bonds. The standard InChI is InChI=1S/C15H22N4O4/c1-9-12(18(5)11(8-20)16-9)13(21)17-10-6-19(7-10)14(22)23-15(2,3)4/h8,10H,6-7H2,1-5H3,(H,17,21). The van der Waals surface area contributed by atoms with Gasteiger partial charge >= 0.3 is 6.09 Å². The third kappa shape index (κ3) is 3.69. The Kier molecular flexibility index (Phi) is 4.44. The molecule has 1 aromatic heterocycles. The quantitative estimate of drug-likeness (QED) is 0.834. The van der Waals surface area contributed by atoms with E-state index in [1.54, 1.807) is 34.7 Å². The van der Waals surface area contributed by atoms with Gasteiger partial charge in [-0.05, 0) is 27.7 Å². The molecule has 1 saturated heterocycles. The van der Waals surface area contributed by atoms with Crippen molar-refractivity contribution in [2.45, 2.75) is 39.3 Å². The first kappa shape index (κ1) is 17.0. The molecule has 0 bridgehead atoms. The predicted molar refractivity (Wildman–Crippen MR) is 82.4 cm³/mol. The second kappa shape index (κ2) is 6.02. The van der Waals surface area contributed by atoms with Gasteiger partial charge in [-0.15, -0.1) is 0 Å². The van der Waals surface area contributed by atoms with Crippen molar-refractivity contribution in [3.8, 4) is 0 Å². The second-order valence-electron chi connectivity index (χ2n) is 6.64. The van der Waals surface area contributed by atoms with E-state index in [4.69, 9.17) is 4.74 Å². The molecule has 0 radical (unpaired) electrons. The molecule has 2 heterocycles. The molecule has 0 saturated carbocycles. The van der Waals surface area contributed by atoms with Crippen LogP contribution in [-0.2, 0) is 11.8 Å². The lowest BCUT2D eigenvalue weighted by Crippen LogP contribution is -2.61. The Morgan fingerprint density at radius 3 is 2.43 bits per heavy atom. The number of rotatable bonds is 3. The highest BCUT2D eigenvalue weighted by molar-refractivity contribution is 5.95. The first-order valence-corrected chi connectivity index (χ1v) is 7.39. The Morgan fingerprint density at radius 1 is 1.35 bits per heavy atom. The molecule has 0 unspecified atom stereocenters. The van der Waals surface area contributed by atoms with Crippen molar-refractivity contribution >= 4 is 18.3 Å². The van der Waals surface area contributed by atoms with Crippen LogP contribution in [0, 0.1) is 6.92 Å². The van der Waals surface area contributed by atoms with Gasteiger partial charge in [-0.25, -0.2) is 9.78 Å². The van der Waals surface area contributed by atoms with Gasteiger partial charge in [0, 0.05) is 20.1 Å². The maximum atomic E-state index is 12.3. The van der Waals surface area contributed by atoms with Crippen LogP contribution in [0.2, 0.25) is 0 Å². The number of aromatic nitrogens is 2. The molecule has 126 valence electrons. The lowest BCUT2D eigenvalue weighted by atomic mass is 10.1. The Labute approximate surface area is 134 Å². The van der Waals surface area contributed by atoms with Gasteiger partial charge in [-0.3, -0.25) is 9.59 Å². The summed E-state index contributed by atoms with van der Waals surface area (Å²) in [7, 11) is 1.62. The number of carbonyl (C=O) groups is 3. The summed E-state index contributed by atoms with van der Waals surface area (Å²) in [5.41, 5.74) is 0.306. The third-order valence-corrected chi connectivity index (χ3v) is 3.49. The normalized spacial score (nSPS) is 15.1. The van der Waals surface area contributed by atoms with E-state index in [0.29, 0.717) is 30.8 Å². The maximum Gasteiger partial charge on any atom is 0.410 e. The summed E-state index contributed by atoms with van der Waals surface area (Å²) < 4.78 is 6.72. The van der Waals surface area contributed by atoms with E-state index in [1.807, 2.05) is 0 Å². The molecule has 0 aliphatic carbocycles. The molecule has 8 heteroatoms. The summed E-state index contributed by atoms with van der Waals surface area (Å²) in [6.45, 7) is 7.89. The van der Waals surface area contributed by atoms with Crippen LogP contribution < -0.4 is 5.32 Å². The summed E-state index contributed by atoms with van der Waals surface area (Å²) in [5.74, 6) is -0.101. The third-order valence-electron chi connectivity index (χ3n) is 3.49. The van der Waals surface area contributed by atoms with E-state index >= 15 is 0 Å². The molecular formula is C15H22N4O4. The van der Waals surface area contributed by atoms with Crippen LogP contribution in [0.4, 0.5) is 4.79 Å². The minimum atomic E-state index is -0.539. The molecule has 1 aliphatic rings. The van der Waals surface area contributed by atoms with Crippen molar-refractivity contribution in [1.82, 2.24) is 19.8 Å². The molecule has 1 aliphatic heterocycles. The smallest absolute Gasteiger partial charge is 0.410 e. The molecule has 1 N–H and O–H groups in total. The van der Waals surface area contributed by atoms with Crippen LogP contribution in [0.15, 0.2) is 0 Å². The maximum absolute atomic E-state index is 12.3. The summed E-state index contributed by atoms with van der Waals surface area (Å²) >= 11 is 0. The van der Waals surface area contributed by atoms with Crippen molar-refractivity contribution in [2.24, 2.45) is 7.05 Å². The highest BCUT2D eigenvalue weighted by Crippen LogP contribution is 2.16. The SMILES string of the molecule is Cc1nc(C=O)n(C)c1C(=O)NC1CN(C(=O)OC(C)(C)C)C1. The summed E-state index contributed by atoms with van der Waals surface area (Å²) in [4.78, 5) is 40.6. The molecule has 8 nitrogen and oxygen atoms in total. The average molecular weight is 322 g/mol. The number of nitrogens with one attached hydrogen (secondary N) is 1. The molecule has 0 aromatic carbocycles. The van der Waals surface area contributed by atoms with Gasteiger partial charge in [-0.2, -0.15) is 0 Å². The number of carbonyl (C=O) groups excluding carboxylic acids is 3. The topological polar surface area (TPSA) is 93.5 Å². The first-order valence-electron chi connectivity index (χ1n) is 7.39. The number of ether oxygens (including phenoxy) is 1. The molecule has 0 atom stereocenters. The van der Waals surface area contributed by atoms with E-state index in [9.17, 15) is 14.4 Å². The molecular weight excluding hydrogens is 300 g/mol. The van der Waals surface area contributed by atoms with Gasteiger partial charge in [0.25, 0.3) is 5.91 Å². The van der Waals surface area contributed by atoms with E-state index in [0.717, 1.165) is 0 Å². The van der Waals surface area contributed by atoms with Crippen LogP contribution in [0.3, 0.4) is 0 Å². The molecule has 2 rings (SSSR count). The van der Waals surface area contributed by atoms with Gasteiger partial charge < -0.3 is 19.5 Å². The van der Waals surface area contributed by atoms with Crippen molar-refractivity contribution < 1.29 is 19.1 Å². The number of likely N-dealkylation sites (tertiary alicyclic amines) is 1. The van der Waals surface area contributed by atoms with Gasteiger partial charge in [0.1, 0.15) is 11.3 Å². The zero-order chi connectivity index (χ0) is 17.4. The Balaban J connectivity index is 1.91. The lowest BCUT2D eigenvalue weighted by Gasteiger charge is -2.39. The van der Waals surface area contributed by atoms with Gasteiger partial charge in [0.15, 0.2) is 12.1 Å². The predicted octanol–water partition coefficient (Wildman–Crippen LogP) is 0.890. The van der Waals surface area contributed by atoms with E-state index in [2.05, 4.69) is 10.3 Å². The number of amides is 2. The Bertz CT molecular complexity index is 639. The highest BCUT2D eigenvalue weighted by atomic mass is 16.6. The highest BCUT2D eigenvalue weighted by Gasteiger charge is 2.35. The van der Waals surface area contributed by atoms with Crippen molar-refractivity contribution in [2.75, 3.05) is 13.1 Å². The van der Waals surface area contributed by atoms with E-state index in [-0.39, 0.29) is 23.9 Å². The van der Waals surface area contributed by atoms with Crippen LogP contribution in [0.25, 0.3) is 0 Å². The van der Waals surface area contributed by atoms with Crippen LogP contribution in [0.5, 0.6) is 0 Å². The largest absolute Gasteiger partial charge is 0.444 e. The van der Waals surface area contributed by atoms with Gasteiger partial charge in [0.05, 0.1) is 11.7 Å². The monoisotopic (exact) mass is 322 g/mol. The van der Waals surface area contributed by atoms with E-state index in [1.165, 1.54) is 9.47 Å². The van der Waals surface area contributed by atoms with Crippen molar-refractivity contribution in [3.05, 3.63) is 17.2 Å².